The molecule has 0 aromatic carbocycles. The number of hydrogen-bond donors (Lipinski definition) is 2. The molecule has 0 heterocycles. The van der Waals surface area contributed by atoms with Crippen molar-refractivity contribution < 1.29 is 14.6 Å². The first-order chi connectivity index (χ1) is 14.0. The Morgan fingerprint density at radius 3 is 2.63 bits per heavy atom. The van der Waals surface area contributed by atoms with Crippen molar-refractivity contribution in [1.29, 1.82) is 0 Å². The predicted molar refractivity (Wildman–Crippen MR) is 123 cm³/mol. The van der Waals surface area contributed by atoms with Gasteiger partial charge >= 0.3 is 0 Å². The van der Waals surface area contributed by atoms with Crippen LogP contribution in [0.1, 0.15) is 91.9 Å². The van der Waals surface area contributed by atoms with Crippen molar-refractivity contribution in [2.45, 2.75) is 110 Å². The lowest BCUT2D eigenvalue weighted by Crippen LogP contribution is -2.37. The third-order valence-electron chi connectivity index (χ3n) is 8.55. The molecule has 3 aliphatic carbocycles. The lowest BCUT2D eigenvalue weighted by molar-refractivity contribution is -0.0119. The fourth-order valence-electron chi connectivity index (χ4n) is 6.57. The van der Waals surface area contributed by atoms with E-state index in [0.29, 0.717) is 29.6 Å². The number of alkyl halides is 1. The van der Waals surface area contributed by atoms with Crippen molar-refractivity contribution in [3.05, 3.63) is 35.5 Å². The molecular formula is C27H43FO2. The molecule has 3 aliphatic rings. The summed E-state index contributed by atoms with van der Waals surface area (Å²) in [5.41, 5.74) is 3.02. The van der Waals surface area contributed by atoms with Crippen molar-refractivity contribution in [2.24, 2.45) is 23.2 Å². The number of aliphatic hydroxyl groups excluding tert-OH is 1. The van der Waals surface area contributed by atoms with Crippen LogP contribution in [-0.2, 0) is 0 Å². The maximum absolute atomic E-state index is 14.3. The molecule has 0 amide bonds. The molecule has 2 nitrogen and oxygen atoms in total. The van der Waals surface area contributed by atoms with Crippen molar-refractivity contribution in [3.63, 3.8) is 0 Å². The monoisotopic (exact) mass is 418 g/mol. The Morgan fingerprint density at radius 2 is 1.93 bits per heavy atom. The largest absolute Gasteiger partial charge is 0.393 e. The van der Waals surface area contributed by atoms with E-state index in [1.54, 1.807) is 19.4 Å². The van der Waals surface area contributed by atoms with Gasteiger partial charge in [0.1, 0.15) is 6.17 Å². The maximum Gasteiger partial charge on any atom is 0.128 e. The summed E-state index contributed by atoms with van der Waals surface area (Å²) in [7, 11) is 0. The van der Waals surface area contributed by atoms with Gasteiger partial charge in [-0.15, -0.1) is 0 Å². The van der Waals surface area contributed by atoms with E-state index in [1.807, 2.05) is 0 Å². The lowest BCUT2D eigenvalue weighted by Gasteiger charge is -2.44. The van der Waals surface area contributed by atoms with E-state index in [-0.39, 0.29) is 6.10 Å². The summed E-state index contributed by atoms with van der Waals surface area (Å²) in [6.45, 7) is 12.1. The van der Waals surface area contributed by atoms with E-state index in [1.165, 1.54) is 43.3 Å². The minimum absolute atomic E-state index is 0.225. The van der Waals surface area contributed by atoms with Gasteiger partial charge in [-0.25, -0.2) is 4.39 Å². The molecule has 0 aromatic heterocycles. The second-order valence-corrected chi connectivity index (χ2v) is 11.2. The van der Waals surface area contributed by atoms with E-state index < -0.39 is 11.8 Å². The van der Waals surface area contributed by atoms with Crippen LogP contribution in [0.3, 0.4) is 0 Å². The van der Waals surface area contributed by atoms with Gasteiger partial charge in [-0.2, -0.15) is 0 Å². The Morgan fingerprint density at radius 1 is 1.20 bits per heavy atom. The van der Waals surface area contributed by atoms with Gasteiger partial charge in [0.05, 0.1) is 11.7 Å². The molecule has 0 bridgehead atoms. The maximum atomic E-state index is 14.3. The Bertz CT molecular complexity index is 685. The van der Waals surface area contributed by atoms with Gasteiger partial charge in [-0.05, 0) is 107 Å². The lowest BCUT2D eigenvalue weighted by atomic mass is 9.60. The van der Waals surface area contributed by atoms with Gasteiger partial charge in [0.25, 0.3) is 0 Å². The second-order valence-electron chi connectivity index (χ2n) is 11.2. The first-order valence-electron chi connectivity index (χ1n) is 12.1. The fraction of sp³-hybridized carbons (Fsp3) is 0.778. The zero-order chi connectivity index (χ0) is 22.1. The van der Waals surface area contributed by atoms with Crippen molar-refractivity contribution in [3.8, 4) is 0 Å². The molecule has 0 aliphatic heterocycles. The molecule has 30 heavy (non-hydrogen) atoms. The van der Waals surface area contributed by atoms with E-state index in [4.69, 9.17) is 0 Å². The van der Waals surface area contributed by atoms with Crippen LogP contribution < -0.4 is 0 Å². The highest BCUT2D eigenvalue weighted by Gasteiger charge is 2.50. The van der Waals surface area contributed by atoms with Crippen LogP contribution in [0.5, 0.6) is 0 Å². The highest BCUT2D eigenvalue weighted by molar-refractivity contribution is 5.36. The number of allylic oxidation sites excluding steroid dienone is 4. The van der Waals surface area contributed by atoms with E-state index in [2.05, 4.69) is 32.6 Å². The minimum Gasteiger partial charge on any atom is -0.393 e. The van der Waals surface area contributed by atoms with Crippen LogP contribution in [0.25, 0.3) is 0 Å². The van der Waals surface area contributed by atoms with Gasteiger partial charge in [0.15, 0.2) is 0 Å². The molecule has 0 aromatic rings. The molecule has 170 valence electrons. The molecular weight excluding hydrogens is 375 g/mol. The minimum atomic E-state index is -1.24. The molecule has 3 saturated carbocycles. The van der Waals surface area contributed by atoms with Crippen LogP contribution >= 0.6 is 0 Å². The summed E-state index contributed by atoms with van der Waals surface area (Å²) in [5.74, 6) is 1.72. The summed E-state index contributed by atoms with van der Waals surface area (Å²) in [5, 5.41) is 19.9. The third kappa shape index (κ3) is 5.10. The Balaban J connectivity index is 1.69. The highest BCUT2D eigenvalue weighted by atomic mass is 19.1. The average Bonchev–Trinajstić information content (AvgIpc) is 3.03. The van der Waals surface area contributed by atoms with Crippen molar-refractivity contribution in [1.82, 2.24) is 0 Å². The van der Waals surface area contributed by atoms with Crippen LogP contribution in [-0.4, -0.2) is 28.1 Å². The van der Waals surface area contributed by atoms with Gasteiger partial charge < -0.3 is 10.2 Å². The quantitative estimate of drug-likeness (QED) is 0.505. The zero-order valence-corrected chi connectivity index (χ0v) is 19.6. The molecule has 3 heteroatoms. The number of aliphatic hydroxyl groups is 2. The average molecular weight is 419 g/mol. The standard InChI is InChI=1S/C27H43FO2/c1-18-8-12-22(29)17-21(18)11-10-20-7-6-16-27(5)23(13-14-24(20)27)19(2)9-15-25(28)26(3,4)30/h10-11,19,22-25,29-30H,1,6-9,12-17H2,2-5H3/b20-10+,21-11-/t19-,22+,23-,24+,25-,27-/m1/s1. The predicted octanol–water partition coefficient (Wildman–Crippen LogP) is 6.68. The van der Waals surface area contributed by atoms with Crippen LogP contribution in [0.2, 0.25) is 0 Å². The number of halogens is 1. The molecule has 6 atom stereocenters. The summed E-state index contributed by atoms with van der Waals surface area (Å²) < 4.78 is 14.3. The topological polar surface area (TPSA) is 40.5 Å². The van der Waals surface area contributed by atoms with Crippen molar-refractivity contribution in [2.75, 3.05) is 0 Å². The molecule has 3 fully saturated rings. The molecule has 0 saturated heterocycles. The number of rotatable bonds is 6. The fourth-order valence-corrected chi connectivity index (χ4v) is 6.57. The molecule has 0 unspecified atom stereocenters. The Kier molecular flexibility index (Phi) is 7.34. The highest BCUT2D eigenvalue weighted by Crippen LogP contribution is 2.60. The summed E-state index contributed by atoms with van der Waals surface area (Å²) in [6, 6.07) is 0. The van der Waals surface area contributed by atoms with E-state index >= 15 is 0 Å². The SMILES string of the molecule is C=C1CC[C@H](O)C/C1=C/C=C1\CCC[C@]2(C)[C@@H]([C@H](C)CC[C@@H](F)C(C)(C)O)CC[C@@H]12. The van der Waals surface area contributed by atoms with Crippen LogP contribution in [0.15, 0.2) is 35.5 Å². The van der Waals surface area contributed by atoms with Gasteiger partial charge in [-0.3, -0.25) is 0 Å². The van der Waals surface area contributed by atoms with Crippen LogP contribution in [0, 0.1) is 23.2 Å². The van der Waals surface area contributed by atoms with Gasteiger partial charge in [0.2, 0.25) is 0 Å². The number of fused-ring (bicyclic) bond motifs is 1. The molecule has 2 N–H and O–H groups in total. The normalized spacial score (nSPS) is 37.4. The van der Waals surface area contributed by atoms with E-state index in [0.717, 1.165) is 25.7 Å². The molecule has 3 rings (SSSR count). The van der Waals surface area contributed by atoms with E-state index in [9.17, 15) is 14.6 Å². The molecule has 0 spiro atoms. The van der Waals surface area contributed by atoms with Gasteiger partial charge in [0, 0.05) is 0 Å². The third-order valence-corrected chi connectivity index (χ3v) is 8.55. The smallest absolute Gasteiger partial charge is 0.128 e. The van der Waals surface area contributed by atoms with Gasteiger partial charge in [-0.1, -0.05) is 43.7 Å². The van der Waals surface area contributed by atoms with Crippen molar-refractivity contribution >= 4 is 0 Å². The first kappa shape index (κ1) is 23.7. The Hall–Kier alpha value is -0.930. The van der Waals surface area contributed by atoms with Crippen LogP contribution in [0.4, 0.5) is 4.39 Å². The number of hydrogen-bond acceptors (Lipinski definition) is 2. The molecule has 0 radical (unpaired) electrons. The second kappa shape index (κ2) is 9.28. The Labute approximate surface area is 183 Å². The zero-order valence-electron chi connectivity index (χ0n) is 19.6. The summed E-state index contributed by atoms with van der Waals surface area (Å²) >= 11 is 0. The first-order valence-corrected chi connectivity index (χ1v) is 12.1. The summed E-state index contributed by atoms with van der Waals surface area (Å²) in [4.78, 5) is 0. The summed E-state index contributed by atoms with van der Waals surface area (Å²) in [6.07, 6.45) is 13.1.